The molecule has 3 aromatic carbocycles. The molecule has 2 bridgehead atoms. The van der Waals surface area contributed by atoms with Gasteiger partial charge in [0.05, 0.1) is 25.3 Å². The van der Waals surface area contributed by atoms with E-state index in [1.54, 1.807) is 14.0 Å². The Hall–Kier alpha value is -3.02. The standard InChI is InChI=1S/C35H37N3O7.Ac/c1-18-12-21-13-23-25(15-36)38-24(30(37(23)3)28(21)32(41)33(18)42-4)14-22-29(35-34(44-17-45-35)19(2)31(22)40)26(38)16-43-27(39)11-10-20-8-6-5-7-9-20;/h5-9,12,23-26,30,40-41H,10-11,13-14,16-17H2,1-4H3;/t23-,24?,25-,26-,30-;/m0./s1. The number of methoxy groups -OCH3 is 1. The number of carbonyl (C=O) groups excluding carboxylic acids is 1. The number of hydrogen-bond donors (Lipinski definition) is 2. The summed E-state index contributed by atoms with van der Waals surface area (Å²) in [6.45, 7) is 3.68. The van der Waals surface area contributed by atoms with Gasteiger partial charge in [-0.15, -0.1) is 0 Å². The molecule has 1 saturated heterocycles. The first kappa shape index (κ1) is 32.9. The van der Waals surface area contributed by atoms with Crippen LogP contribution in [0.5, 0.6) is 28.7 Å². The second kappa shape index (κ2) is 12.9. The van der Waals surface area contributed by atoms with E-state index in [-0.39, 0.29) is 99.5 Å². The summed E-state index contributed by atoms with van der Waals surface area (Å²) in [5.74, 6) is 1.27. The van der Waals surface area contributed by atoms with E-state index in [0.29, 0.717) is 53.2 Å². The van der Waals surface area contributed by atoms with Gasteiger partial charge in [0.2, 0.25) is 6.79 Å². The van der Waals surface area contributed by atoms with E-state index >= 15 is 0 Å². The normalized spacial score (nSPS) is 24.1. The molecule has 5 atom stereocenters. The zero-order valence-corrected chi connectivity index (χ0v) is 31.2. The van der Waals surface area contributed by atoms with Crippen LogP contribution in [0.1, 0.15) is 57.4 Å². The summed E-state index contributed by atoms with van der Waals surface area (Å²) in [6, 6.07) is 12.4. The molecule has 1 fully saturated rings. The smallest absolute Gasteiger partial charge is 0.306 e. The number of aryl methyl sites for hydroxylation is 2. The maximum atomic E-state index is 13.1. The average molecular weight is 839 g/mol. The first-order valence-electron chi connectivity index (χ1n) is 15.4. The van der Waals surface area contributed by atoms with Crippen LogP contribution in [0.25, 0.3) is 0 Å². The fourth-order valence-corrected chi connectivity index (χ4v) is 8.14. The molecule has 4 aliphatic heterocycles. The van der Waals surface area contributed by atoms with Crippen molar-refractivity contribution in [2.24, 2.45) is 0 Å². The molecule has 4 aliphatic rings. The van der Waals surface area contributed by atoms with Gasteiger partial charge in [0.25, 0.3) is 0 Å². The van der Waals surface area contributed by atoms with Gasteiger partial charge in [0, 0.05) is 84.8 Å². The molecule has 4 heterocycles. The van der Waals surface area contributed by atoms with Gasteiger partial charge in [0.15, 0.2) is 23.0 Å². The molecule has 0 amide bonds. The number of phenols is 2. The van der Waals surface area contributed by atoms with E-state index in [1.165, 1.54) is 0 Å². The Morgan fingerprint density at radius 2 is 1.80 bits per heavy atom. The summed E-state index contributed by atoms with van der Waals surface area (Å²) >= 11 is 0. The predicted molar refractivity (Wildman–Crippen MR) is 164 cm³/mol. The largest absolute Gasteiger partial charge is 0.507 e. The number of benzene rings is 3. The molecule has 237 valence electrons. The van der Waals surface area contributed by atoms with Crippen LogP contribution < -0.4 is 14.2 Å². The molecule has 1 radical (unpaired) electrons. The number of ether oxygens (including phenoxy) is 4. The van der Waals surface area contributed by atoms with Crippen molar-refractivity contribution >= 4 is 5.97 Å². The van der Waals surface area contributed by atoms with Crippen LogP contribution in [-0.4, -0.2) is 71.7 Å². The number of rotatable bonds is 6. The van der Waals surface area contributed by atoms with Crippen molar-refractivity contribution in [2.75, 3.05) is 27.6 Å². The summed E-state index contributed by atoms with van der Waals surface area (Å²) in [5, 5.41) is 33.9. The molecule has 3 aromatic rings. The summed E-state index contributed by atoms with van der Waals surface area (Å²) in [5.41, 5.74) is 5.57. The Labute approximate surface area is 304 Å². The second-order valence-corrected chi connectivity index (χ2v) is 12.4. The quantitative estimate of drug-likeness (QED) is 0.346. The third-order valence-electron chi connectivity index (χ3n) is 10.2. The van der Waals surface area contributed by atoms with Crippen LogP contribution in [0.3, 0.4) is 0 Å². The molecule has 11 heteroatoms. The minimum Gasteiger partial charge on any atom is -0.507 e. The van der Waals surface area contributed by atoms with Gasteiger partial charge < -0.3 is 29.2 Å². The maximum absolute atomic E-state index is 13.1. The van der Waals surface area contributed by atoms with Gasteiger partial charge in [-0.1, -0.05) is 36.4 Å². The van der Waals surface area contributed by atoms with E-state index in [2.05, 4.69) is 15.9 Å². The van der Waals surface area contributed by atoms with Crippen LogP contribution >= 0.6 is 0 Å². The first-order chi connectivity index (χ1) is 21.7. The van der Waals surface area contributed by atoms with Crippen molar-refractivity contribution in [1.82, 2.24) is 9.80 Å². The molecule has 2 N–H and O–H groups in total. The number of likely N-dealkylation sites (N-methyl/N-ethyl adjacent to an activating group) is 1. The number of nitriles is 1. The molecule has 46 heavy (non-hydrogen) atoms. The van der Waals surface area contributed by atoms with Crippen molar-refractivity contribution in [3.8, 4) is 34.8 Å². The Morgan fingerprint density at radius 1 is 1.07 bits per heavy atom. The number of carbonyl (C=O) groups is 1. The van der Waals surface area contributed by atoms with Crippen LogP contribution in [0.4, 0.5) is 0 Å². The number of hydrogen-bond acceptors (Lipinski definition) is 10. The summed E-state index contributed by atoms with van der Waals surface area (Å²) in [4.78, 5) is 17.4. The molecule has 0 aliphatic carbocycles. The maximum Gasteiger partial charge on any atom is 0.306 e. The zero-order valence-electron chi connectivity index (χ0n) is 26.4. The minimum absolute atomic E-state index is 0. The summed E-state index contributed by atoms with van der Waals surface area (Å²) < 4.78 is 23.4. The van der Waals surface area contributed by atoms with E-state index in [4.69, 9.17) is 18.9 Å². The topological polar surface area (TPSA) is 125 Å². The van der Waals surface area contributed by atoms with Crippen molar-refractivity contribution in [2.45, 2.75) is 69.7 Å². The van der Waals surface area contributed by atoms with E-state index in [0.717, 1.165) is 22.3 Å². The second-order valence-electron chi connectivity index (χ2n) is 12.4. The number of piperazine rings is 1. The van der Waals surface area contributed by atoms with Crippen molar-refractivity contribution < 1.29 is 78.0 Å². The SMILES string of the molecule is COc1c(C)cc2c(c1O)[C@@H]1C3Cc4c(O)c(C)c5c(c4[C@H](COC(=O)CCc4ccccc4)N3[C@@H](C#N)[C@H](C2)N1C)OCO5.[Ac]. The van der Waals surface area contributed by atoms with Crippen molar-refractivity contribution in [1.29, 1.82) is 5.26 Å². The minimum atomic E-state index is -0.597. The van der Waals surface area contributed by atoms with Gasteiger partial charge in [-0.05, 0) is 56.8 Å². The van der Waals surface area contributed by atoms with Crippen LogP contribution in [0.15, 0.2) is 36.4 Å². The number of fused-ring (bicyclic) bond motifs is 9. The molecule has 0 saturated carbocycles. The van der Waals surface area contributed by atoms with Crippen LogP contribution in [0, 0.1) is 69.2 Å². The molecular weight excluding hydrogens is 801 g/mol. The van der Waals surface area contributed by atoms with Crippen LogP contribution in [-0.2, 0) is 28.8 Å². The zero-order chi connectivity index (χ0) is 31.6. The van der Waals surface area contributed by atoms with E-state index in [1.807, 2.05) is 50.4 Å². The van der Waals surface area contributed by atoms with Crippen molar-refractivity contribution in [3.05, 3.63) is 75.3 Å². The number of aromatic hydroxyl groups is 2. The third-order valence-corrected chi connectivity index (χ3v) is 10.2. The number of nitrogens with zero attached hydrogens (tertiary/aromatic N) is 3. The van der Waals surface area contributed by atoms with Gasteiger partial charge in [-0.3, -0.25) is 14.6 Å². The van der Waals surface area contributed by atoms with Gasteiger partial charge in [0.1, 0.15) is 18.4 Å². The Morgan fingerprint density at radius 3 is 2.52 bits per heavy atom. The molecule has 7 rings (SSSR count). The van der Waals surface area contributed by atoms with Gasteiger partial charge >= 0.3 is 5.97 Å². The summed E-state index contributed by atoms with van der Waals surface area (Å²) in [7, 11) is 3.54. The predicted octanol–water partition coefficient (Wildman–Crippen LogP) is 4.40. The van der Waals surface area contributed by atoms with Crippen LogP contribution in [0.2, 0.25) is 0 Å². The molecular formula is C35H37AcN3O7. The fraction of sp³-hybridized carbons (Fsp3) is 0.429. The average Bonchev–Trinajstić information content (AvgIpc) is 3.53. The van der Waals surface area contributed by atoms with E-state index in [9.17, 15) is 20.3 Å². The molecule has 10 nitrogen and oxygen atoms in total. The fourth-order valence-electron chi connectivity index (χ4n) is 8.14. The Kier molecular flexibility index (Phi) is 9.21. The van der Waals surface area contributed by atoms with Gasteiger partial charge in [-0.2, -0.15) is 5.26 Å². The Balaban J connectivity index is 0.00000372. The van der Waals surface area contributed by atoms with Crippen molar-refractivity contribution in [3.63, 3.8) is 0 Å². The number of esters is 1. The number of phenolic OH excluding ortho intramolecular Hbond substituents is 2. The Bertz CT molecular complexity index is 1730. The molecule has 1 unspecified atom stereocenters. The van der Waals surface area contributed by atoms with E-state index < -0.39 is 12.1 Å². The monoisotopic (exact) mass is 838 g/mol. The molecule has 0 spiro atoms. The third kappa shape index (κ3) is 5.13. The molecule has 0 aromatic heterocycles. The van der Waals surface area contributed by atoms with Gasteiger partial charge in [-0.25, -0.2) is 0 Å². The summed E-state index contributed by atoms with van der Waals surface area (Å²) in [6.07, 6.45) is 1.69. The first-order valence-corrected chi connectivity index (χ1v) is 15.4.